The molecule has 6 nitrogen and oxygen atoms in total. The maximum Gasteiger partial charge on any atom is 0.256 e. The summed E-state index contributed by atoms with van der Waals surface area (Å²) >= 11 is 0. The smallest absolute Gasteiger partial charge is 0.256 e. The Morgan fingerprint density at radius 1 is 1.04 bits per heavy atom. The van der Waals surface area contributed by atoms with E-state index in [-0.39, 0.29) is 5.91 Å². The molecule has 0 atom stereocenters. The summed E-state index contributed by atoms with van der Waals surface area (Å²) in [5.74, 6) is 1.36. The van der Waals surface area contributed by atoms with Crippen molar-refractivity contribution < 1.29 is 19.0 Å². The van der Waals surface area contributed by atoms with E-state index >= 15 is 0 Å². The van der Waals surface area contributed by atoms with Crippen LogP contribution in [0.1, 0.15) is 15.9 Å². The van der Waals surface area contributed by atoms with Crippen LogP contribution in [0.3, 0.4) is 0 Å². The third kappa shape index (κ3) is 3.06. The first kappa shape index (κ1) is 17.7. The molecule has 0 saturated carbocycles. The average Bonchev–Trinajstić information content (AvgIpc) is 3.09. The molecule has 0 radical (unpaired) electrons. The van der Waals surface area contributed by atoms with Gasteiger partial charge in [0, 0.05) is 25.9 Å². The first-order valence-electron chi connectivity index (χ1n) is 8.20. The number of benzene rings is 2. The molecule has 1 aromatic heterocycles. The lowest BCUT2D eigenvalue weighted by atomic mass is 10.1. The highest BCUT2D eigenvalue weighted by atomic mass is 16.5. The molecule has 0 aliphatic heterocycles. The molecule has 2 aromatic carbocycles. The largest absolute Gasteiger partial charge is 0.493 e. The van der Waals surface area contributed by atoms with Crippen LogP contribution in [-0.4, -0.2) is 44.2 Å². The molecule has 0 spiro atoms. The predicted octanol–water partition coefficient (Wildman–Crippen LogP) is 3.47. The first-order chi connectivity index (χ1) is 12.6. The number of methoxy groups -OCH3 is 3. The standard InChI is InChI=1S/C20H22N2O4/c1-22(12-13-8-6-5-7-9-13)20(23)14-11-21-15-10-16(24-2)18(25-3)19(26-4)17(14)15/h5-11,21H,12H2,1-4H3. The van der Waals surface area contributed by atoms with Gasteiger partial charge in [-0.1, -0.05) is 30.3 Å². The highest BCUT2D eigenvalue weighted by Crippen LogP contribution is 2.44. The first-order valence-corrected chi connectivity index (χ1v) is 8.20. The van der Waals surface area contributed by atoms with Crippen LogP contribution in [0.5, 0.6) is 17.2 Å². The number of hydrogen-bond acceptors (Lipinski definition) is 4. The summed E-state index contributed by atoms with van der Waals surface area (Å²) in [6.07, 6.45) is 1.69. The maximum absolute atomic E-state index is 13.0. The fourth-order valence-corrected chi connectivity index (χ4v) is 3.06. The lowest BCUT2D eigenvalue weighted by molar-refractivity contribution is 0.0787. The topological polar surface area (TPSA) is 63.8 Å². The van der Waals surface area contributed by atoms with Crippen LogP contribution in [-0.2, 0) is 6.54 Å². The zero-order valence-corrected chi connectivity index (χ0v) is 15.3. The van der Waals surface area contributed by atoms with Gasteiger partial charge < -0.3 is 24.1 Å². The zero-order chi connectivity index (χ0) is 18.7. The monoisotopic (exact) mass is 354 g/mol. The summed E-state index contributed by atoms with van der Waals surface area (Å²) in [5, 5.41) is 0.676. The fourth-order valence-electron chi connectivity index (χ4n) is 3.06. The van der Waals surface area contributed by atoms with Gasteiger partial charge in [0.1, 0.15) is 0 Å². The van der Waals surface area contributed by atoms with Crippen molar-refractivity contribution in [2.45, 2.75) is 6.54 Å². The van der Waals surface area contributed by atoms with Gasteiger partial charge >= 0.3 is 0 Å². The average molecular weight is 354 g/mol. The van der Waals surface area contributed by atoms with Crippen molar-refractivity contribution in [3.8, 4) is 17.2 Å². The molecule has 0 aliphatic rings. The fraction of sp³-hybridized carbons (Fsp3) is 0.250. The summed E-state index contributed by atoms with van der Waals surface area (Å²) < 4.78 is 16.3. The van der Waals surface area contributed by atoms with Gasteiger partial charge in [-0.3, -0.25) is 4.79 Å². The van der Waals surface area contributed by atoms with Crippen molar-refractivity contribution in [2.75, 3.05) is 28.4 Å². The zero-order valence-electron chi connectivity index (χ0n) is 15.3. The predicted molar refractivity (Wildman–Crippen MR) is 100 cm³/mol. The van der Waals surface area contributed by atoms with E-state index < -0.39 is 0 Å². The second-order valence-electron chi connectivity index (χ2n) is 5.92. The number of H-pyrrole nitrogens is 1. The van der Waals surface area contributed by atoms with Crippen LogP contribution >= 0.6 is 0 Å². The number of carbonyl (C=O) groups is 1. The third-order valence-electron chi connectivity index (χ3n) is 4.31. The second-order valence-corrected chi connectivity index (χ2v) is 5.92. The molecule has 1 N–H and O–H groups in total. The lowest BCUT2D eigenvalue weighted by Crippen LogP contribution is -2.26. The Kier molecular flexibility index (Phi) is 5.02. The highest BCUT2D eigenvalue weighted by molar-refractivity contribution is 6.10. The summed E-state index contributed by atoms with van der Waals surface area (Å²) in [7, 11) is 6.43. The summed E-state index contributed by atoms with van der Waals surface area (Å²) in [6.45, 7) is 0.516. The molecule has 26 heavy (non-hydrogen) atoms. The van der Waals surface area contributed by atoms with Gasteiger partial charge in [0.25, 0.3) is 5.91 Å². The van der Waals surface area contributed by atoms with E-state index in [1.54, 1.807) is 45.5 Å². The van der Waals surface area contributed by atoms with Crippen LogP contribution in [0.25, 0.3) is 10.9 Å². The molecule has 0 saturated heterocycles. The van der Waals surface area contributed by atoms with Gasteiger partial charge in [0.15, 0.2) is 11.5 Å². The molecule has 136 valence electrons. The van der Waals surface area contributed by atoms with Crippen LogP contribution in [0.15, 0.2) is 42.6 Å². The molecule has 0 aliphatic carbocycles. The molecule has 3 rings (SSSR count). The Balaban J connectivity index is 2.03. The second kappa shape index (κ2) is 7.39. The molecule has 1 amide bonds. The SMILES string of the molecule is COc1cc2[nH]cc(C(=O)N(C)Cc3ccccc3)c2c(OC)c1OC. The maximum atomic E-state index is 13.0. The normalized spacial score (nSPS) is 10.6. The van der Waals surface area contributed by atoms with E-state index in [4.69, 9.17) is 14.2 Å². The van der Waals surface area contributed by atoms with Gasteiger partial charge in [0.2, 0.25) is 5.75 Å². The Labute approximate surface area is 152 Å². The number of aromatic amines is 1. The number of fused-ring (bicyclic) bond motifs is 1. The summed E-state index contributed by atoms with van der Waals surface area (Å²) in [6, 6.07) is 11.7. The minimum absolute atomic E-state index is 0.106. The van der Waals surface area contributed by atoms with Gasteiger partial charge in [-0.2, -0.15) is 0 Å². The van der Waals surface area contributed by atoms with Crippen molar-refractivity contribution in [3.05, 3.63) is 53.7 Å². The minimum atomic E-state index is -0.106. The van der Waals surface area contributed by atoms with E-state index in [9.17, 15) is 4.79 Å². The Morgan fingerprint density at radius 2 is 1.73 bits per heavy atom. The highest BCUT2D eigenvalue weighted by Gasteiger charge is 2.24. The van der Waals surface area contributed by atoms with Crippen LogP contribution in [0.2, 0.25) is 0 Å². The van der Waals surface area contributed by atoms with Gasteiger partial charge in [-0.05, 0) is 5.56 Å². The molecule has 1 heterocycles. The lowest BCUT2D eigenvalue weighted by Gasteiger charge is -2.18. The molecular formula is C20H22N2O4. The summed E-state index contributed by atoms with van der Waals surface area (Å²) in [4.78, 5) is 17.8. The molecular weight excluding hydrogens is 332 g/mol. The third-order valence-corrected chi connectivity index (χ3v) is 4.31. The number of ether oxygens (including phenoxy) is 3. The van der Waals surface area contributed by atoms with E-state index in [2.05, 4.69) is 4.98 Å². The number of nitrogens with one attached hydrogen (secondary N) is 1. The Bertz CT molecular complexity index is 918. The van der Waals surface area contributed by atoms with Crippen LogP contribution in [0, 0.1) is 0 Å². The van der Waals surface area contributed by atoms with Crippen molar-refractivity contribution in [3.63, 3.8) is 0 Å². The van der Waals surface area contributed by atoms with Crippen LogP contribution < -0.4 is 14.2 Å². The number of hydrogen-bond donors (Lipinski definition) is 1. The van der Waals surface area contributed by atoms with E-state index in [0.717, 1.165) is 11.1 Å². The van der Waals surface area contributed by atoms with E-state index in [1.807, 2.05) is 30.3 Å². The van der Waals surface area contributed by atoms with Gasteiger partial charge in [-0.25, -0.2) is 0 Å². The number of carbonyl (C=O) groups excluding carboxylic acids is 1. The molecule has 0 fully saturated rings. The van der Waals surface area contributed by atoms with Crippen LogP contribution in [0.4, 0.5) is 0 Å². The van der Waals surface area contributed by atoms with Crippen molar-refractivity contribution in [2.24, 2.45) is 0 Å². The molecule has 0 bridgehead atoms. The minimum Gasteiger partial charge on any atom is -0.493 e. The number of amides is 1. The van der Waals surface area contributed by atoms with Gasteiger partial charge in [0.05, 0.1) is 37.8 Å². The van der Waals surface area contributed by atoms with Crippen molar-refractivity contribution in [1.82, 2.24) is 9.88 Å². The summed E-state index contributed by atoms with van der Waals surface area (Å²) in [5.41, 5.74) is 2.33. The number of nitrogens with zero attached hydrogens (tertiary/aromatic N) is 1. The number of rotatable bonds is 6. The van der Waals surface area contributed by atoms with E-state index in [0.29, 0.717) is 34.7 Å². The van der Waals surface area contributed by atoms with E-state index in [1.165, 1.54) is 0 Å². The van der Waals surface area contributed by atoms with Gasteiger partial charge in [-0.15, -0.1) is 0 Å². The quantitative estimate of drug-likeness (QED) is 0.736. The Hall–Kier alpha value is -3.15. The Morgan fingerprint density at radius 3 is 2.35 bits per heavy atom. The molecule has 6 heteroatoms. The molecule has 0 unspecified atom stereocenters. The number of aromatic nitrogens is 1. The van der Waals surface area contributed by atoms with Crippen molar-refractivity contribution >= 4 is 16.8 Å². The van der Waals surface area contributed by atoms with Crippen molar-refractivity contribution in [1.29, 1.82) is 0 Å². The molecule has 3 aromatic rings.